The third-order valence-electron chi connectivity index (χ3n) is 4.31. The quantitative estimate of drug-likeness (QED) is 0.371. The molecule has 0 aliphatic rings. The van der Waals surface area contributed by atoms with Crippen LogP contribution in [-0.2, 0) is 11.8 Å². The van der Waals surface area contributed by atoms with Gasteiger partial charge in [0.2, 0.25) is 0 Å². The van der Waals surface area contributed by atoms with Gasteiger partial charge in [-0.1, -0.05) is 85.5 Å². The van der Waals surface area contributed by atoms with Crippen molar-refractivity contribution in [1.82, 2.24) is 0 Å². The molecule has 0 atom stereocenters. The van der Waals surface area contributed by atoms with Crippen LogP contribution in [-0.4, -0.2) is 0 Å². The van der Waals surface area contributed by atoms with Gasteiger partial charge in [0.05, 0.1) is 0 Å². The Labute approximate surface area is 137 Å². The Balaban J connectivity index is 2.04. The zero-order valence-electron chi connectivity index (χ0n) is 14.8. The molecule has 1 heteroatoms. The van der Waals surface area contributed by atoms with E-state index in [1.807, 2.05) is 11.3 Å². The maximum absolute atomic E-state index is 2.33. The largest absolute Gasteiger partial charge is 0.149 e. The molecular weight excluding hydrogens is 272 g/mol. The molecule has 1 aromatic rings. The Kier molecular flexibility index (Phi) is 9.31. The molecule has 0 nitrogen and oxygen atoms in total. The maximum atomic E-state index is 2.33. The van der Waals surface area contributed by atoms with E-state index in [1.165, 1.54) is 70.6 Å². The normalized spacial score (nSPS) is 12.0. The highest BCUT2D eigenvalue weighted by Crippen LogP contribution is 2.30. The summed E-state index contributed by atoms with van der Waals surface area (Å²) < 4.78 is 0. The van der Waals surface area contributed by atoms with E-state index in [1.54, 1.807) is 10.4 Å². The number of unbranched alkanes of at least 4 members (excludes halogenated alkanes) is 9. The summed E-state index contributed by atoms with van der Waals surface area (Å²) in [5.41, 5.74) is 1.89. The van der Waals surface area contributed by atoms with E-state index in [2.05, 4.69) is 39.1 Å². The summed E-state index contributed by atoms with van der Waals surface area (Å²) in [6, 6.07) is 2.33. The molecule has 0 unspecified atom stereocenters. The van der Waals surface area contributed by atoms with Crippen molar-refractivity contribution in [2.24, 2.45) is 0 Å². The van der Waals surface area contributed by atoms with Gasteiger partial charge >= 0.3 is 0 Å². The highest BCUT2D eigenvalue weighted by molar-refractivity contribution is 7.10. The van der Waals surface area contributed by atoms with Crippen molar-refractivity contribution in [3.63, 3.8) is 0 Å². The van der Waals surface area contributed by atoms with Crippen LogP contribution in [0.1, 0.15) is 102 Å². The summed E-state index contributed by atoms with van der Waals surface area (Å²) in [7, 11) is 0. The molecule has 0 aliphatic heterocycles. The average molecular weight is 309 g/mol. The van der Waals surface area contributed by atoms with Crippen LogP contribution in [0.4, 0.5) is 0 Å². The molecule has 1 rings (SSSR count). The summed E-state index contributed by atoms with van der Waals surface area (Å²) in [6.07, 6.45) is 15.6. The van der Waals surface area contributed by atoms with Crippen LogP contribution in [0.2, 0.25) is 0 Å². The number of rotatable bonds is 11. The first-order valence-corrected chi connectivity index (χ1v) is 10.0. The number of hydrogen-bond acceptors (Lipinski definition) is 1. The Hall–Kier alpha value is -0.300. The van der Waals surface area contributed by atoms with Crippen molar-refractivity contribution in [3.05, 3.63) is 21.9 Å². The van der Waals surface area contributed by atoms with Crippen molar-refractivity contribution < 1.29 is 0 Å². The van der Waals surface area contributed by atoms with Crippen LogP contribution in [0, 0.1) is 0 Å². The van der Waals surface area contributed by atoms with Crippen molar-refractivity contribution in [1.29, 1.82) is 0 Å². The highest BCUT2D eigenvalue weighted by atomic mass is 32.1. The lowest BCUT2D eigenvalue weighted by Gasteiger charge is -2.19. The molecule has 1 heterocycles. The first-order valence-electron chi connectivity index (χ1n) is 9.12. The summed E-state index contributed by atoms with van der Waals surface area (Å²) in [4.78, 5) is 1.63. The van der Waals surface area contributed by atoms with E-state index in [0.717, 1.165) is 0 Å². The first-order chi connectivity index (χ1) is 10.1. The van der Waals surface area contributed by atoms with E-state index in [4.69, 9.17) is 0 Å². The van der Waals surface area contributed by atoms with Crippen LogP contribution >= 0.6 is 11.3 Å². The highest BCUT2D eigenvalue weighted by Gasteiger charge is 2.18. The van der Waals surface area contributed by atoms with Gasteiger partial charge in [0, 0.05) is 4.88 Å². The summed E-state index contributed by atoms with van der Waals surface area (Å²) in [5, 5.41) is 2.27. The van der Waals surface area contributed by atoms with Gasteiger partial charge in [0.25, 0.3) is 0 Å². The van der Waals surface area contributed by atoms with Crippen molar-refractivity contribution in [2.45, 2.75) is 104 Å². The molecule has 0 aromatic carbocycles. The third kappa shape index (κ3) is 8.04. The molecular formula is C20H36S. The van der Waals surface area contributed by atoms with Gasteiger partial charge in [-0.3, -0.25) is 0 Å². The van der Waals surface area contributed by atoms with Gasteiger partial charge in [-0.05, 0) is 35.3 Å². The molecule has 0 radical (unpaired) electrons. The van der Waals surface area contributed by atoms with Crippen LogP contribution in [0.5, 0.6) is 0 Å². The van der Waals surface area contributed by atoms with Crippen LogP contribution in [0.25, 0.3) is 0 Å². The van der Waals surface area contributed by atoms with Gasteiger partial charge < -0.3 is 0 Å². The van der Waals surface area contributed by atoms with Crippen LogP contribution < -0.4 is 0 Å². The second-order valence-corrected chi connectivity index (χ2v) is 8.44. The molecule has 1 aromatic heterocycles. The Bertz CT molecular complexity index is 356. The van der Waals surface area contributed by atoms with Crippen molar-refractivity contribution in [2.75, 3.05) is 0 Å². The predicted molar refractivity (Wildman–Crippen MR) is 98.6 cm³/mol. The smallest absolute Gasteiger partial charge is 0.00825 e. The number of aryl methyl sites for hydroxylation is 1. The third-order valence-corrected chi connectivity index (χ3v) is 5.29. The molecule has 0 saturated heterocycles. The molecule has 0 fully saturated rings. The standard InChI is InChI=1S/C20H36S/c1-5-6-7-8-9-10-11-12-13-14-15-19-18(16-17-21-19)20(2,3)4/h16-17H,5-15H2,1-4H3. The van der Waals surface area contributed by atoms with Gasteiger partial charge in [0.1, 0.15) is 0 Å². The fourth-order valence-electron chi connectivity index (χ4n) is 2.98. The van der Waals surface area contributed by atoms with E-state index in [0.29, 0.717) is 5.41 Å². The molecule has 0 aliphatic carbocycles. The number of hydrogen-bond donors (Lipinski definition) is 0. The van der Waals surface area contributed by atoms with E-state index < -0.39 is 0 Å². The van der Waals surface area contributed by atoms with Gasteiger partial charge in [-0.2, -0.15) is 0 Å². The van der Waals surface area contributed by atoms with Crippen LogP contribution in [0.15, 0.2) is 11.4 Å². The fraction of sp³-hybridized carbons (Fsp3) is 0.800. The minimum absolute atomic E-state index is 0.313. The predicted octanol–water partition coefficient (Wildman–Crippen LogP) is 7.51. The Morgan fingerprint density at radius 1 is 0.810 bits per heavy atom. The zero-order valence-corrected chi connectivity index (χ0v) is 15.7. The lowest BCUT2D eigenvalue weighted by atomic mass is 9.86. The zero-order chi connectivity index (χ0) is 15.6. The SMILES string of the molecule is CCCCCCCCCCCCc1sccc1C(C)(C)C. The summed E-state index contributed by atoms with van der Waals surface area (Å²) in [5.74, 6) is 0. The van der Waals surface area contributed by atoms with Crippen LogP contribution in [0.3, 0.4) is 0 Å². The van der Waals surface area contributed by atoms with Gasteiger partial charge in [-0.15, -0.1) is 11.3 Å². The minimum atomic E-state index is 0.313. The molecule has 0 saturated carbocycles. The molecule has 122 valence electrons. The van der Waals surface area contributed by atoms with Crippen molar-refractivity contribution in [3.8, 4) is 0 Å². The second kappa shape index (κ2) is 10.4. The monoisotopic (exact) mass is 308 g/mol. The van der Waals surface area contributed by atoms with Gasteiger partial charge in [0.15, 0.2) is 0 Å². The molecule has 0 N–H and O–H groups in total. The first kappa shape index (κ1) is 18.7. The summed E-state index contributed by atoms with van der Waals surface area (Å²) >= 11 is 1.96. The van der Waals surface area contributed by atoms with Gasteiger partial charge in [-0.25, -0.2) is 0 Å². The number of thiophene rings is 1. The molecule has 0 bridgehead atoms. The van der Waals surface area contributed by atoms with E-state index in [9.17, 15) is 0 Å². The Morgan fingerprint density at radius 2 is 1.33 bits per heavy atom. The lowest BCUT2D eigenvalue weighted by molar-refractivity contribution is 0.553. The lowest BCUT2D eigenvalue weighted by Crippen LogP contribution is -2.11. The fourth-order valence-corrected chi connectivity index (χ4v) is 4.11. The molecule has 0 spiro atoms. The van der Waals surface area contributed by atoms with E-state index >= 15 is 0 Å². The average Bonchev–Trinajstić information content (AvgIpc) is 2.89. The van der Waals surface area contributed by atoms with Crippen molar-refractivity contribution >= 4 is 11.3 Å². The molecule has 0 amide bonds. The maximum Gasteiger partial charge on any atom is 0.00825 e. The topological polar surface area (TPSA) is 0 Å². The molecule has 21 heavy (non-hydrogen) atoms. The van der Waals surface area contributed by atoms with E-state index in [-0.39, 0.29) is 0 Å². The minimum Gasteiger partial charge on any atom is -0.149 e. The summed E-state index contributed by atoms with van der Waals surface area (Å²) in [6.45, 7) is 9.28. The second-order valence-electron chi connectivity index (χ2n) is 7.44. The Morgan fingerprint density at radius 3 is 1.86 bits per heavy atom.